The molecule has 2 aromatic carbocycles. The Hall–Kier alpha value is -2.16. The van der Waals surface area contributed by atoms with E-state index >= 15 is 0 Å². The number of hydrogen-bond acceptors (Lipinski definition) is 4. The topological polar surface area (TPSA) is 78.5 Å². The van der Waals surface area contributed by atoms with Crippen LogP contribution in [0.25, 0.3) is 0 Å². The molecule has 0 radical (unpaired) electrons. The van der Waals surface area contributed by atoms with Gasteiger partial charge < -0.3 is 10.2 Å². The van der Waals surface area contributed by atoms with Crippen LogP contribution in [-0.4, -0.2) is 45.4 Å². The molecule has 6 nitrogen and oxygen atoms in total. The van der Waals surface area contributed by atoms with Crippen molar-refractivity contribution in [3.8, 4) is 0 Å². The number of nitrogens with zero attached hydrogens (tertiary/aromatic N) is 1. The van der Waals surface area contributed by atoms with Crippen molar-refractivity contribution in [3.05, 3.63) is 58.9 Å². The number of rotatable bonds is 8. The van der Waals surface area contributed by atoms with E-state index in [1.807, 2.05) is 0 Å². The van der Waals surface area contributed by atoms with E-state index in [0.717, 1.165) is 50.3 Å². The van der Waals surface area contributed by atoms with E-state index in [0.29, 0.717) is 12.1 Å². The minimum atomic E-state index is -3.97. The summed E-state index contributed by atoms with van der Waals surface area (Å²) in [5.41, 5.74) is 0.388. The normalized spacial score (nSPS) is 15.3. The molecule has 0 unspecified atom stereocenters. The summed E-state index contributed by atoms with van der Waals surface area (Å²) in [4.78, 5) is 14.8. The van der Waals surface area contributed by atoms with E-state index in [2.05, 4.69) is 14.9 Å². The molecule has 3 rings (SSSR count). The molecular weight excluding hydrogens is 441 g/mol. The van der Waals surface area contributed by atoms with Crippen LogP contribution in [0.1, 0.15) is 42.5 Å². The van der Waals surface area contributed by atoms with Gasteiger partial charge in [-0.3, -0.25) is 9.52 Å². The van der Waals surface area contributed by atoms with Crippen molar-refractivity contribution < 1.29 is 17.6 Å². The van der Waals surface area contributed by atoms with Crippen LogP contribution >= 0.6 is 11.6 Å². The zero-order valence-electron chi connectivity index (χ0n) is 17.2. The number of benzene rings is 2. The summed E-state index contributed by atoms with van der Waals surface area (Å²) in [5, 5.41) is 3.03. The Morgan fingerprint density at radius 3 is 2.39 bits per heavy atom. The fraction of sp³-hybridized carbons (Fsp3) is 0.409. The maximum Gasteiger partial charge on any atom is 0.261 e. The molecule has 1 amide bonds. The lowest BCUT2D eigenvalue weighted by Gasteiger charge is -2.19. The van der Waals surface area contributed by atoms with Crippen LogP contribution in [-0.2, 0) is 10.0 Å². The molecule has 1 aliphatic heterocycles. The lowest BCUT2D eigenvalue weighted by Crippen LogP contribution is -2.30. The van der Waals surface area contributed by atoms with E-state index in [1.165, 1.54) is 37.8 Å². The third-order valence-corrected chi connectivity index (χ3v) is 6.94. The Morgan fingerprint density at radius 2 is 1.71 bits per heavy atom. The van der Waals surface area contributed by atoms with Crippen LogP contribution < -0.4 is 10.0 Å². The summed E-state index contributed by atoms with van der Waals surface area (Å²) < 4.78 is 40.5. The highest BCUT2D eigenvalue weighted by Gasteiger charge is 2.17. The van der Waals surface area contributed by atoms with Crippen LogP contribution in [0.2, 0.25) is 5.02 Å². The molecule has 2 aromatic rings. The minimum Gasteiger partial charge on any atom is -0.352 e. The second-order valence-electron chi connectivity index (χ2n) is 7.62. The highest BCUT2D eigenvalue weighted by atomic mass is 35.5. The second-order valence-corrected chi connectivity index (χ2v) is 9.71. The zero-order valence-corrected chi connectivity index (χ0v) is 18.8. The lowest BCUT2D eigenvalue weighted by atomic mass is 10.2. The van der Waals surface area contributed by atoms with E-state index in [-0.39, 0.29) is 21.5 Å². The van der Waals surface area contributed by atoms with Gasteiger partial charge in [-0.2, -0.15) is 0 Å². The van der Waals surface area contributed by atoms with Crippen LogP contribution in [0.15, 0.2) is 47.4 Å². The van der Waals surface area contributed by atoms with Gasteiger partial charge in [0.2, 0.25) is 0 Å². The van der Waals surface area contributed by atoms with Crippen molar-refractivity contribution >= 4 is 33.2 Å². The Kier molecular flexibility index (Phi) is 8.28. The summed E-state index contributed by atoms with van der Waals surface area (Å²) in [6, 6.07) is 8.85. The van der Waals surface area contributed by atoms with Gasteiger partial charge in [-0.15, -0.1) is 0 Å². The van der Waals surface area contributed by atoms with Crippen LogP contribution in [0.5, 0.6) is 0 Å². The third kappa shape index (κ3) is 6.92. The zero-order chi connectivity index (χ0) is 22.3. The van der Waals surface area contributed by atoms with Crippen molar-refractivity contribution in [2.24, 2.45) is 0 Å². The highest BCUT2D eigenvalue weighted by molar-refractivity contribution is 7.92. The monoisotopic (exact) mass is 467 g/mol. The van der Waals surface area contributed by atoms with Gasteiger partial charge in [-0.25, -0.2) is 12.8 Å². The minimum absolute atomic E-state index is 0.0863. The first-order valence-electron chi connectivity index (χ1n) is 10.4. The van der Waals surface area contributed by atoms with Gasteiger partial charge in [-0.05, 0) is 81.4 Å². The van der Waals surface area contributed by atoms with Gasteiger partial charge in [0.05, 0.1) is 15.6 Å². The smallest absolute Gasteiger partial charge is 0.261 e. The largest absolute Gasteiger partial charge is 0.352 e. The predicted molar refractivity (Wildman–Crippen MR) is 121 cm³/mol. The molecule has 1 aliphatic rings. The van der Waals surface area contributed by atoms with E-state index < -0.39 is 15.8 Å². The molecule has 9 heteroatoms. The van der Waals surface area contributed by atoms with E-state index in [4.69, 9.17) is 11.6 Å². The first-order valence-corrected chi connectivity index (χ1v) is 12.3. The number of amides is 1. The number of hydrogen-bond donors (Lipinski definition) is 2. The summed E-state index contributed by atoms with van der Waals surface area (Å²) in [5.74, 6) is -0.832. The molecule has 31 heavy (non-hydrogen) atoms. The molecule has 168 valence electrons. The third-order valence-electron chi connectivity index (χ3n) is 5.23. The van der Waals surface area contributed by atoms with Crippen LogP contribution in [0, 0.1) is 5.82 Å². The van der Waals surface area contributed by atoms with Crippen molar-refractivity contribution in [3.63, 3.8) is 0 Å². The number of likely N-dealkylation sites (tertiary alicyclic amines) is 1. The molecule has 0 bridgehead atoms. The average molecular weight is 468 g/mol. The van der Waals surface area contributed by atoms with Crippen LogP contribution in [0.3, 0.4) is 0 Å². The summed E-state index contributed by atoms with van der Waals surface area (Å²) in [6.45, 7) is 3.71. The molecule has 1 fully saturated rings. The quantitative estimate of drug-likeness (QED) is 0.568. The SMILES string of the molecule is O=C(NCCCN1CCCCCC1)c1ccc(Cl)c(NS(=O)(=O)c2ccc(F)cc2)c1. The van der Waals surface area contributed by atoms with Gasteiger partial charge in [0.25, 0.3) is 15.9 Å². The van der Waals surface area contributed by atoms with Gasteiger partial charge in [-0.1, -0.05) is 24.4 Å². The number of anilines is 1. The lowest BCUT2D eigenvalue weighted by molar-refractivity contribution is 0.0951. The highest BCUT2D eigenvalue weighted by Crippen LogP contribution is 2.26. The Bertz CT molecular complexity index is 992. The number of nitrogens with one attached hydrogen (secondary N) is 2. The van der Waals surface area contributed by atoms with Gasteiger partial charge in [0.1, 0.15) is 5.82 Å². The molecule has 0 aliphatic carbocycles. The number of carbonyl (C=O) groups excluding carboxylic acids is 1. The van der Waals surface area contributed by atoms with E-state index in [1.54, 1.807) is 6.07 Å². The van der Waals surface area contributed by atoms with E-state index in [9.17, 15) is 17.6 Å². The maximum atomic E-state index is 13.1. The van der Waals surface area contributed by atoms with Gasteiger partial charge in [0.15, 0.2) is 0 Å². The molecule has 2 N–H and O–H groups in total. The number of halogens is 2. The molecule has 0 saturated carbocycles. The maximum absolute atomic E-state index is 13.1. The fourth-order valence-corrected chi connectivity index (χ4v) is 4.82. The van der Waals surface area contributed by atoms with Crippen LogP contribution in [0.4, 0.5) is 10.1 Å². The second kappa shape index (κ2) is 10.9. The van der Waals surface area contributed by atoms with Gasteiger partial charge in [0, 0.05) is 12.1 Å². The number of sulfonamides is 1. The molecule has 0 atom stereocenters. The molecule has 1 saturated heterocycles. The summed E-state index contributed by atoms with van der Waals surface area (Å²) in [7, 11) is -3.97. The molecule has 0 aromatic heterocycles. The van der Waals surface area contributed by atoms with Crippen molar-refractivity contribution in [2.75, 3.05) is 30.9 Å². The Balaban J connectivity index is 1.58. The summed E-state index contributed by atoms with van der Waals surface area (Å²) in [6.07, 6.45) is 5.89. The van der Waals surface area contributed by atoms with Gasteiger partial charge >= 0.3 is 0 Å². The average Bonchev–Trinajstić information content (AvgIpc) is 3.01. The first kappa shape index (κ1) is 23.5. The summed E-state index contributed by atoms with van der Waals surface area (Å²) >= 11 is 6.12. The molecular formula is C22H27ClFN3O3S. The fourth-order valence-electron chi connectivity index (χ4n) is 3.53. The Labute approximate surface area is 187 Å². The molecule has 0 spiro atoms. The van der Waals surface area contributed by atoms with Crippen molar-refractivity contribution in [1.29, 1.82) is 0 Å². The molecule has 1 heterocycles. The first-order chi connectivity index (χ1) is 14.8. The number of carbonyl (C=O) groups is 1. The standard InChI is InChI=1S/C22H27ClFN3O3S/c23-20-11-6-17(22(28)25-12-5-15-27-13-3-1-2-4-14-27)16-21(20)26-31(29,30)19-9-7-18(24)8-10-19/h6-11,16,26H,1-5,12-15H2,(H,25,28). The Morgan fingerprint density at radius 1 is 1.03 bits per heavy atom. The van der Waals surface area contributed by atoms with Crippen molar-refractivity contribution in [2.45, 2.75) is 37.0 Å². The predicted octanol–water partition coefficient (Wildman–Crippen LogP) is 4.28. The van der Waals surface area contributed by atoms with Crippen molar-refractivity contribution in [1.82, 2.24) is 10.2 Å².